The minimum atomic E-state index is -0.757. The van der Waals surface area contributed by atoms with Gasteiger partial charge < -0.3 is 20.4 Å². The molecule has 0 aromatic rings. The largest absolute Gasteiger partial charge is 0.390 e. The van der Waals surface area contributed by atoms with Gasteiger partial charge in [-0.25, -0.2) is 0 Å². The lowest BCUT2D eigenvalue weighted by molar-refractivity contribution is -0.249. The molecule has 0 bridgehead atoms. The van der Waals surface area contributed by atoms with E-state index >= 15 is 0 Å². The molecule has 0 saturated heterocycles. The van der Waals surface area contributed by atoms with Crippen LogP contribution in [0.1, 0.15) is 100 Å². The summed E-state index contributed by atoms with van der Waals surface area (Å²) in [6, 6.07) is 0. The number of fused-ring (bicyclic) bond motifs is 7. The quantitative estimate of drug-likeness (QED) is 0.369. The number of aliphatic hydroxyl groups excluding tert-OH is 3. The van der Waals surface area contributed by atoms with Gasteiger partial charge in [0.2, 0.25) is 0 Å². The summed E-state index contributed by atoms with van der Waals surface area (Å²) >= 11 is 0. The molecule has 0 aliphatic heterocycles. The summed E-state index contributed by atoms with van der Waals surface area (Å²) in [5.41, 5.74) is 0.126. The highest BCUT2D eigenvalue weighted by atomic mass is 16.3. The summed E-state index contributed by atoms with van der Waals surface area (Å²) in [5.74, 6) is 0.732. The Morgan fingerprint density at radius 2 is 1.47 bits per heavy atom. The Morgan fingerprint density at radius 1 is 0.853 bits per heavy atom. The second-order valence-corrected chi connectivity index (χ2v) is 15.3. The molecule has 5 aliphatic carbocycles. The molecule has 12 atom stereocenters. The number of hydrogen-bond acceptors (Lipinski definition) is 4. The first kappa shape index (κ1) is 25.2. The summed E-state index contributed by atoms with van der Waals surface area (Å²) in [6.45, 7) is 18.1. The van der Waals surface area contributed by atoms with Gasteiger partial charge in [-0.1, -0.05) is 60.1 Å². The Bertz CT molecular complexity index is 892. The van der Waals surface area contributed by atoms with Gasteiger partial charge in [0.25, 0.3) is 0 Å². The molecule has 194 valence electrons. The van der Waals surface area contributed by atoms with Crippen molar-refractivity contribution < 1.29 is 20.4 Å². The molecule has 0 amide bonds. The van der Waals surface area contributed by atoms with E-state index in [-0.39, 0.29) is 50.7 Å². The van der Waals surface area contributed by atoms with Gasteiger partial charge in [0.05, 0.1) is 23.9 Å². The van der Waals surface area contributed by atoms with Gasteiger partial charge in [-0.15, -0.1) is 0 Å². The molecule has 34 heavy (non-hydrogen) atoms. The zero-order valence-electron chi connectivity index (χ0n) is 22.9. The van der Waals surface area contributed by atoms with E-state index < -0.39 is 23.9 Å². The van der Waals surface area contributed by atoms with E-state index in [0.29, 0.717) is 6.42 Å². The van der Waals surface area contributed by atoms with Crippen molar-refractivity contribution in [3.8, 4) is 0 Å². The van der Waals surface area contributed by atoms with Crippen LogP contribution in [0.4, 0.5) is 0 Å². The highest BCUT2D eigenvalue weighted by molar-refractivity contribution is 5.36. The highest BCUT2D eigenvalue weighted by Crippen LogP contribution is 2.75. The molecule has 0 spiro atoms. The van der Waals surface area contributed by atoms with Crippen molar-refractivity contribution >= 4 is 0 Å². The molecule has 4 N–H and O–H groups in total. The monoisotopic (exact) mass is 474 g/mol. The van der Waals surface area contributed by atoms with Crippen molar-refractivity contribution in [3.63, 3.8) is 0 Å². The van der Waals surface area contributed by atoms with Gasteiger partial charge >= 0.3 is 0 Å². The number of allylic oxidation sites excluding steroid dienone is 1. The van der Waals surface area contributed by atoms with Crippen LogP contribution in [0, 0.1) is 50.7 Å². The summed E-state index contributed by atoms with van der Waals surface area (Å²) in [5, 5.41) is 45.1. The average Bonchev–Trinajstić information content (AvgIpc) is 2.71. The third-order valence-corrected chi connectivity index (χ3v) is 13.4. The third kappa shape index (κ3) is 2.86. The Labute approximate surface area is 207 Å². The van der Waals surface area contributed by atoms with Crippen molar-refractivity contribution in [3.05, 3.63) is 11.6 Å². The molecule has 0 aromatic carbocycles. The van der Waals surface area contributed by atoms with E-state index in [1.54, 1.807) is 0 Å². The normalized spacial score (nSPS) is 60.8. The second-order valence-electron chi connectivity index (χ2n) is 15.3. The predicted octanol–water partition coefficient (Wildman–Crippen LogP) is 5.08. The summed E-state index contributed by atoms with van der Waals surface area (Å²) in [4.78, 5) is 0. The molecule has 1 unspecified atom stereocenters. The van der Waals surface area contributed by atoms with Crippen molar-refractivity contribution in [1.29, 1.82) is 0 Å². The molecule has 5 aliphatic rings. The van der Waals surface area contributed by atoms with Crippen LogP contribution >= 0.6 is 0 Å². The molecular weight excluding hydrogens is 424 g/mol. The lowest BCUT2D eigenvalue weighted by Gasteiger charge is -2.72. The van der Waals surface area contributed by atoms with E-state index in [0.717, 1.165) is 38.5 Å². The molecule has 5 rings (SSSR count). The summed E-state index contributed by atoms with van der Waals surface area (Å²) < 4.78 is 0. The van der Waals surface area contributed by atoms with Gasteiger partial charge in [0.15, 0.2) is 0 Å². The first-order chi connectivity index (χ1) is 15.5. The molecule has 0 radical (unpaired) electrons. The maximum absolute atomic E-state index is 12.0. The standard InChI is InChI=1S/C30H50O4/c1-17-22-18-15-19(31)23-27(5)16-20(32)24(33)25(2,3)21(27)9-10-29(23,7)28(18,6)13-11-26(22,4)12-14-30(17,8)34/h15,17,19-24,31-34H,9-14,16H2,1-8H3/t17-,19-,20-,21?,22+,23-,24+,26+,27+,28-,29-,30+/m1/s1. The van der Waals surface area contributed by atoms with Crippen LogP contribution in [0.3, 0.4) is 0 Å². The molecule has 4 saturated carbocycles. The molecule has 4 heteroatoms. The first-order valence-electron chi connectivity index (χ1n) is 13.9. The van der Waals surface area contributed by atoms with E-state index in [1.807, 2.05) is 6.92 Å². The smallest absolute Gasteiger partial charge is 0.0852 e. The van der Waals surface area contributed by atoms with E-state index in [4.69, 9.17) is 0 Å². The van der Waals surface area contributed by atoms with Gasteiger partial charge in [-0.3, -0.25) is 0 Å². The Kier molecular flexibility index (Phi) is 5.28. The number of aliphatic hydroxyl groups is 4. The average molecular weight is 475 g/mol. The van der Waals surface area contributed by atoms with Crippen LogP contribution in [-0.4, -0.2) is 44.3 Å². The Hall–Kier alpha value is -0.420. The number of hydrogen-bond donors (Lipinski definition) is 4. The van der Waals surface area contributed by atoms with Crippen molar-refractivity contribution in [2.45, 2.75) is 124 Å². The second kappa shape index (κ2) is 7.11. The van der Waals surface area contributed by atoms with Crippen LogP contribution in [-0.2, 0) is 0 Å². The zero-order chi connectivity index (χ0) is 25.3. The third-order valence-electron chi connectivity index (χ3n) is 13.4. The fourth-order valence-corrected chi connectivity index (χ4v) is 11.0. The minimum absolute atomic E-state index is 0.0395. The fraction of sp³-hybridized carbons (Fsp3) is 0.933. The zero-order valence-corrected chi connectivity index (χ0v) is 22.9. The minimum Gasteiger partial charge on any atom is -0.390 e. The van der Waals surface area contributed by atoms with E-state index in [1.165, 1.54) is 5.57 Å². The van der Waals surface area contributed by atoms with Gasteiger partial charge in [-0.2, -0.15) is 0 Å². The molecule has 0 aromatic heterocycles. The van der Waals surface area contributed by atoms with Crippen LogP contribution in [0.15, 0.2) is 11.6 Å². The topological polar surface area (TPSA) is 80.9 Å². The lowest BCUT2D eigenvalue weighted by Crippen LogP contribution is -2.69. The van der Waals surface area contributed by atoms with Crippen LogP contribution in [0.25, 0.3) is 0 Å². The fourth-order valence-electron chi connectivity index (χ4n) is 11.0. The predicted molar refractivity (Wildman–Crippen MR) is 135 cm³/mol. The van der Waals surface area contributed by atoms with Crippen LogP contribution in [0.2, 0.25) is 0 Å². The molecule has 0 heterocycles. The first-order valence-corrected chi connectivity index (χ1v) is 13.9. The SMILES string of the molecule is C[C@@H]1[C@H]2C3=C[C@@H](O)[C@@H]4[C@@]5(C)C[C@@H](O)[C@H](O)C(C)(C)C5CC[C@@]4(C)[C@]3(C)CC[C@@]2(C)CC[C@]1(C)O. The van der Waals surface area contributed by atoms with E-state index in [9.17, 15) is 20.4 Å². The Balaban J connectivity index is 1.65. The van der Waals surface area contributed by atoms with Gasteiger partial charge in [0.1, 0.15) is 0 Å². The van der Waals surface area contributed by atoms with Gasteiger partial charge in [0, 0.05) is 5.92 Å². The maximum Gasteiger partial charge on any atom is 0.0852 e. The van der Waals surface area contributed by atoms with Crippen molar-refractivity contribution in [2.75, 3.05) is 0 Å². The van der Waals surface area contributed by atoms with E-state index in [2.05, 4.69) is 54.5 Å². The number of rotatable bonds is 0. The lowest BCUT2D eigenvalue weighted by atomic mass is 9.33. The molecule has 4 nitrogen and oxygen atoms in total. The Morgan fingerprint density at radius 3 is 2.12 bits per heavy atom. The summed E-state index contributed by atoms with van der Waals surface area (Å²) in [6.07, 6.45) is 6.93. The van der Waals surface area contributed by atoms with Crippen LogP contribution < -0.4 is 0 Å². The van der Waals surface area contributed by atoms with Crippen molar-refractivity contribution in [2.24, 2.45) is 50.7 Å². The van der Waals surface area contributed by atoms with Gasteiger partial charge in [-0.05, 0) is 96.7 Å². The molecular formula is C30H50O4. The molecule has 4 fully saturated rings. The maximum atomic E-state index is 12.0. The van der Waals surface area contributed by atoms with Crippen LogP contribution in [0.5, 0.6) is 0 Å². The van der Waals surface area contributed by atoms with Crippen molar-refractivity contribution in [1.82, 2.24) is 0 Å². The summed E-state index contributed by atoms with van der Waals surface area (Å²) in [7, 11) is 0. The highest BCUT2D eigenvalue weighted by Gasteiger charge is 2.71.